The summed E-state index contributed by atoms with van der Waals surface area (Å²) in [5, 5.41) is 0. The Morgan fingerprint density at radius 1 is 0.750 bits per heavy atom. The van der Waals surface area contributed by atoms with E-state index in [0.29, 0.717) is 0 Å². The van der Waals surface area contributed by atoms with E-state index in [1.807, 2.05) is 19.1 Å². The minimum atomic E-state index is -1.79. The molecule has 0 N–H and O–H groups in total. The second-order valence-corrected chi connectivity index (χ2v) is 4.48. The molecule has 0 aliphatic heterocycles. The van der Waals surface area contributed by atoms with Crippen LogP contribution in [0.2, 0.25) is 0 Å². The molecule has 0 radical (unpaired) electrons. The fraction of sp³-hybridized carbons (Fsp3) is 0.125. The maximum Gasteiger partial charge on any atom is 0.198 e. The van der Waals surface area contributed by atoms with Crippen LogP contribution in [0.5, 0.6) is 0 Å². The summed E-state index contributed by atoms with van der Waals surface area (Å²) in [6.45, 7) is 3.06. The van der Waals surface area contributed by atoms with Crippen LogP contribution in [0.4, 0.5) is 17.6 Å². The molecule has 20 heavy (non-hydrogen) atoms. The average Bonchev–Trinajstić information content (AvgIpc) is 2.45. The average molecular weight is 280 g/mol. The van der Waals surface area contributed by atoms with E-state index in [2.05, 4.69) is 0 Å². The van der Waals surface area contributed by atoms with Crippen molar-refractivity contribution in [1.82, 2.24) is 0 Å². The Labute approximate surface area is 114 Å². The van der Waals surface area contributed by atoms with Crippen LogP contribution >= 0.6 is 0 Å². The van der Waals surface area contributed by atoms with Gasteiger partial charge in [0.2, 0.25) is 0 Å². The van der Waals surface area contributed by atoms with Crippen LogP contribution in [0.25, 0.3) is 12.2 Å². The molecule has 0 unspecified atom stereocenters. The Hall–Kier alpha value is -2.10. The molecule has 0 heterocycles. The van der Waals surface area contributed by atoms with E-state index in [1.165, 1.54) is 19.1 Å². The number of benzene rings is 2. The number of halogens is 4. The topological polar surface area (TPSA) is 0 Å². The van der Waals surface area contributed by atoms with Crippen molar-refractivity contribution >= 4 is 12.2 Å². The highest BCUT2D eigenvalue weighted by Crippen LogP contribution is 2.25. The molecular formula is C16H12F4. The molecule has 0 aliphatic carbocycles. The first-order chi connectivity index (χ1) is 9.43. The molecule has 0 amide bonds. The van der Waals surface area contributed by atoms with Crippen LogP contribution < -0.4 is 0 Å². The Bertz CT molecular complexity index is 658. The van der Waals surface area contributed by atoms with Gasteiger partial charge in [-0.1, -0.05) is 36.4 Å². The monoisotopic (exact) mass is 280 g/mol. The summed E-state index contributed by atoms with van der Waals surface area (Å²) in [5.41, 5.74) is 1.18. The van der Waals surface area contributed by atoms with Crippen molar-refractivity contribution in [1.29, 1.82) is 0 Å². The van der Waals surface area contributed by atoms with Gasteiger partial charge in [0.25, 0.3) is 0 Å². The Kier molecular flexibility index (Phi) is 3.93. The van der Waals surface area contributed by atoms with Gasteiger partial charge in [-0.15, -0.1) is 0 Å². The molecule has 0 aliphatic rings. The second-order valence-electron chi connectivity index (χ2n) is 4.48. The normalized spacial score (nSPS) is 11.3. The van der Waals surface area contributed by atoms with Gasteiger partial charge in [0, 0.05) is 5.56 Å². The van der Waals surface area contributed by atoms with Crippen LogP contribution in [-0.4, -0.2) is 0 Å². The van der Waals surface area contributed by atoms with E-state index in [1.54, 1.807) is 12.1 Å². The van der Waals surface area contributed by atoms with Gasteiger partial charge in [0.05, 0.1) is 0 Å². The van der Waals surface area contributed by atoms with Crippen molar-refractivity contribution in [2.45, 2.75) is 13.8 Å². The third-order valence-electron chi connectivity index (χ3n) is 3.17. The number of hydrogen-bond donors (Lipinski definition) is 0. The summed E-state index contributed by atoms with van der Waals surface area (Å²) in [6.07, 6.45) is 2.79. The Balaban J connectivity index is 2.53. The molecule has 2 aromatic carbocycles. The molecule has 0 spiro atoms. The van der Waals surface area contributed by atoms with E-state index in [9.17, 15) is 17.6 Å². The molecule has 104 valence electrons. The van der Waals surface area contributed by atoms with E-state index < -0.39 is 23.3 Å². The zero-order chi connectivity index (χ0) is 14.9. The van der Waals surface area contributed by atoms with Gasteiger partial charge < -0.3 is 0 Å². The number of rotatable bonds is 2. The lowest BCUT2D eigenvalue weighted by Crippen LogP contribution is -2.02. The van der Waals surface area contributed by atoms with Crippen LogP contribution in [0.3, 0.4) is 0 Å². The predicted octanol–water partition coefficient (Wildman–Crippen LogP) is 5.03. The van der Waals surface area contributed by atoms with Crippen LogP contribution in [0, 0.1) is 37.1 Å². The lowest BCUT2D eigenvalue weighted by atomic mass is 10.0. The zero-order valence-electron chi connectivity index (χ0n) is 11.0. The number of aryl methyl sites for hydroxylation is 1. The van der Waals surface area contributed by atoms with E-state index in [-0.39, 0.29) is 11.1 Å². The Morgan fingerprint density at radius 3 is 2.00 bits per heavy atom. The Morgan fingerprint density at radius 2 is 1.35 bits per heavy atom. The third-order valence-corrected chi connectivity index (χ3v) is 3.17. The minimum absolute atomic E-state index is 0.258. The van der Waals surface area contributed by atoms with Gasteiger partial charge in [0.15, 0.2) is 23.3 Å². The standard InChI is InChI=1S/C16H12F4/c1-9-5-3-4-6-11(9)7-8-12-10(2)13(17)15(19)16(20)14(12)18/h3-8H,1-2H3/b8-7+. The van der Waals surface area contributed by atoms with Crippen molar-refractivity contribution in [3.8, 4) is 0 Å². The molecule has 0 saturated heterocycles. The zero-order valence-corrected chi connectivity index (χ0v) is 11.0. The molecular weight excluding hydrogens is 268 g/mol. The lowest BCUT2D eigenvalue weighted by Gasteiger charge is -2.07. The largest absolute Gasteiger partial charge is 0.203 e. The molecule has 0 bridgehead atoms. The summed E-state index contributed by atoms with van der Waals surface area (Å²) in [5.74, 6) is -6.33. The predicted molar refractivity (Wildman–Crippen MR) is 71.1 cm³/mol. The van der Waals surface area contributed by atoms with Gasteiger partial charge in [-0.25, -0.2) is 17.6 Å². The smallest absolute Gasteiger partial charge is 0.198 e. The summed E-state index contributed by atoms with van der Waals surface area (Å²) in [6, 6.07) is 7.28. The SMILES string of the molecule is Cc1ccccc1/C=C/c1c(C)c(F)c(F)c(F)c1F. The third kappa shape index (κ3) is 2.46. The maximum absolute atomic E-state index is 13.7. The molecule has 2 rings (SSSR count). The van der Waals surface area contributed by atoms with E-state index in [0.717, 1.165) is 11.1 Å². The van der Waals surface area contributed by atoms with Crippen molar-refractivity contribution in [3.63, 3.8) is 0 Å². The molecule has 0 fully saturated rings. The first-order valence-corrected chi connectivity index (χ1v) is 5.99. The fourth-order valence-corrected chi connectivity index (χ4v) is 1.90. The van der Waals surface area contributed by atoms with Crippen molar-refractivity contribution in [3.05, 3.63) is 69.8 Å². The highest BCUT2D eigenvalue weighted by atomic mass is 19.2. The van der Waals surface area contributed by atoms with Crippen molar-refractivity contribution < 1.29 is 17.6 Å². The molecule has 0 saturated carbocycles. The number of hydrogen-bond acceptors (Lipinski definition) is 0. The molecule has 4 heteroatoms. The summed E-state index contributed by atoms with van der Waals surface area (Å²) >= 11 is 0. The van der Waals surface area contributed by atoms with Crippen molar-refractivity contribution in [2.75, 3.05) is 0 Å². The second kappa shape index (κ2) is 5.49. The lowest BCUT2D eigenvalue weighted by molar-refractivity contribution is 0.405. The molecule has 2 aromatic rings. The van der Waals surface area contributed by atoms with E-state index >= 15 is 0 Å². The highest BCUT2D eigenvalue weighted by molar-refractivity contribution is 5.72. The maximum atomic E-state index is 13.7. The quantitative estimate of drug-likeness (QED) is 0.313. The minimum Gasteiger partial charge on any atom is -0.203 e. The van der Waals surface area contributed by atoms with E-state index in [4.69, 9.17) is 0 Å². The summed E-state index contributed by atoms with van der Waals surface area (Å²) < 4.78 is 53.4. The van der Waals surface area contributed by atoms with Gasteiger partial charge in [0.1, 0.15) is 0 Å². The van der Waals surface area contributed by atoms with Gasteiger partial charge in [-0.3, -0.25) is 0 Å². The summed E-state index contributed by atoms with van der Waals surface area (Å²) in [7, 11) is 0. The highest BCUT2D eigenvalue weighted by Gasteiger charge is 2.21. The molecule has 0 aromatic heterocycles. The first kappa shape index (κ1) is 14.3. The first-order valence-electron chi connectivity index (χ1n) is 5.99. The summed E-state index contributed by atoms with van der Waals surface area (Å²) in [4.78, 5) is 0. The molecule has 0 atom stereocenters. The van der Waals surface area contributed by atoms with Crippen molar-refractivity contribution in [2.24, 2.45) is 0 Å². The van der Waals surface area contributed by atoms with Crippen LogP contribution in [0.1, 0.15) is 22.3 Å². The molecule has 0 nitrogen and oxygen atoms in total. The van der Waals surface area contributed by atoms with Crippen LogP contribution in [0.15, 0.2) is 24.3 Å². The fourth-order valence-electron chi connectivity index (χ4n) is 1.90. The van der Waals surface area contributed by atoms with Gasteiger partial charge in [-0.05, 0) is 30.5 Å². The van der Waals surface area contributed by atoms with Gasteiger partial charge >= 0.3 is 0 Å². The van der Waals surface area contributed by atoms with Gasteiger partial charge in [-0.2, -0.15) is 0 Å². The van der Waals surface area contributed by atoms with Crippen LogP contribution in [-0.2, 0) is 0 Å².